The first-order valence-corrected chi connectivity index (χ1v) is 9.33. The fourth-order valence-electron chi connectivity index (χ4n) is 2.77. The maximum absolute atomic E-state index is 2.12. The maximum Gasteiger partial charge on any atom is 0.169 e. The Kier molecular flexibility index (Phi) is 10.1. The van der Waals surface area contributed by atoms with Gasteiger partial charge in [-0.25, -0.2) is 18.3 Å². The predicted octanol–water partition coefficient (Wildman–Crippen LogP) is 2.85. The molecule has 0 aliphatic heterocycles. The third kappa shape index (κ3) is 7.21. The van der Waals surface area contributed by atoms with Gasteiger partial charge in [0.05, 0.1) is 0 Å². The Labute approximate surface area is 191 Å². The molecular formula is C24H30Cl2N4+4. The fraction of sp³-hybridized carbons (Fsp3) is 0.167. The number of aromatic nitrogens is 4. The van der Waals surface area contributed by atoms with E-state index in [2.05, 4.69) is 98.1 Å². The number of rotatable bonds is 2. The van der Waals surface area contributed by atoms with Crippen LogP contribution in [0.5, 0.6) is 0 Å². The van der Waals surface area contributed by atoms with Gasteiger partial charge in [-0.2, -0.15) is 0 Å². The molecule has 4 aromatic heterocycles. The lowest BCUT2D eigenvalue weighted by Crippen LogP contribution is -2.26. The Hall–Kier alpha value is -2.82. The van der Waals surface area contributed by atoms with Crippen molar-refractivity contribution in [3.05, 3.63) is 98.1 Å². The van der Waals surface area contributed by atoms with Crippen LogP contribution >= 0.6 is 24.8 Å². The molecule has 0 aliphatic rings. The number of aryl methyl sites for hydroxylation is 4. The van der Waals surface area contributed by atoms with E-state index < -0.39 is 0 Å². The Morgan fingerprint density at radius 3 is 0.600 bits per heavy atom. The van der Waals surface area contributed by atoms with Gasteiger partial charge in [-0.1, -0.05) is 0 Å². The van der Waals surface area contributed by atoms with Crippen LogP contribution in [0.1, 0.15) is 0 Å². The van der Waals surface area contributed by atoms with Crippen molar-refractivity contribution < 1.29 is 18.3 Å². The summed E-state index contributed by atoms with van der Waals surface area (Å²) in [6, 6.07) is 17.0. The SMILES string of the molecule is C[n+]1ccc(-c2cc[n+](C)cc2)cc1.C[n+]1ccc(-c2cc[n+](C)cc2)cc1.Cl.Cl. The Bertz CT molecular complexity index is 841. The van der Waals surface area contributed by atoms with E-state index in [1.165, 1.54) is 22.3 Å². The second kappa shape index (κ2) is 12.0. The summed E-state index contributed by atoms with van der Waals surface area (Å²) in [6.07, 6.45) is 16.5. The summed E-state index contributed by atoms with van der Waals surface area (Å²) in [6.45, 7) is 0. The Balaban J connectivity index is 0.000000281. The van der Waals surface area contributed by atoms with Crippen molar-refractivity contribution in [2.45, 2.75) is 0 Å². The summed E-state index contributed by atoms with van der Waals surface area (Å²) in [5, 5.41) is 0. The molecule has 4 rings (SSSR count). The van der Waals surface area contributed by atoms with E-state index in [0.29, 0.717) is 0 Å². The molecule has 0 fully saturated rings. The molecule has 0 bridgehead atoms. The third-order valence-electron chi connectivity index (χ3n) is 4.58. The number of halogens is 2. The molecule has 4 nitrogen and oxygen atoms in total. The minimum atomic E-state index is 0. The van der Waals surface area contributed by atoms with Crippen LogP contribution in [0.4, 0.5) is 0 Å². The second-order valence-corrected chi connectivity index (χ2v) is 7.01. The largest absolute Gasteiger partial charge is 0.208 e. The molecule has 4 aromatic rings. The van der Waals surface area contributed by atoms with E-state index in [1.54, 1.807) is 0 Å². The zero-order chi connectivity index (χ0) is 19.9. The van der Waals surface area contributed by atoms with Crippen molar-refractivity contribution in [3.63, 3.8) is 0 Å². The summed E-state index contributed by atoms with van der Waals surface area (Å²) in [4.78, 5) is 0. The van der Waals surface area contributed by atoms with Crippen LogP contribution in [-0.2, 0) is 28.2 Å². The van der Waals surface area contributed by atoms with Crippen LogP contribution in [0, 0.1) is 0 Å². The van der Waals surface area contributed by atoms with E-state index >= 15 is 0 Å². The molecule has 4 heterocycles. The normalized spacial score (nSPS) is 9.47. The van der Waals surface area contributed by atoms with Gasteiger partial charge in [0, 0.05) is 48.5 Å². The van der Waals surface area contributed by atoms with Crippen LogP contribution in [0.15, 0.2) is 98.1 Å². The molecule has 0 saturated heterocycles. The van der Waals surface area contributed by atoms with E-state index in [9.17, 15) is 0 Å². The fourth-order valence-corrected chi connectivity index (χ4v) is 2.77. The zero-order valence-electron chi connectivity index (χ0n) is 17.8. The summed E-state index contributed by atoms with van der Waals surface area (Å²) in [7, 11) is 8.09. The highest BCUT2D eigenvalue weighted by atomic mass is 35.5. The summed E-state index contributed by atoms with van der Waals surface area (Å²) >= 11 is 0. The molecule has 30 heavy (non-hydrogen) atoms. The summed E-state index contributed by atoms with van der Waals surface area (Å²) in [5.74, 6) is 0. The van der Waals surface area contributed by atoms with Gasteiger partial charge in [0.2, 0.25) is 0 Å². The van der Waals surface area contributed by atoms with Crippen molar-refractivity contribution in [2.75, 3.05) is 0 Å². The first-order valence-electron chi connectivity index (χ1n) is 9.33. The van der Waals surface area contributed by atoms with Crippen LogP contribution < -0.4 is 18.3 Å². The van der Waals surface area contributed by atoms with Crippen molar-refractivity contribution in [2.24, 2.45) is 28.2 Å². The molecule has 0 saturated carbocycles. The highest BCUT2D eigenvalue weighted by Gasteiger charge is 2.02. The van der Waals surface area contributed by atoms with Crippen LogP contribution in [0.2, 0.25) is 0 Å². The molecule has 0 aromatic carbocycles. The molecule has 6 heteroatoms. The highest BCUT2D eigenvalue weighted by molar-refractivity contribution is 5.85. The molecular weight excluding hydrogens is 415 g/mol. The molecule has 156 valence electrons. The second-order valence-electron chi connectivity index (χ2n) is 7.01. The van der Waals surface area contributed by atoms with E-state index in [0.717, 1.165) is 0 Å². The standard InChI is InChI=1S/2C12H14N2.2ClH/c2*1-13-7-3-11(4-8-13)12-5-9-14(2)10-6-12;;/h2*3-10H,1-2H3;2*1H/q2*+2;;. The lowest BCUT2D eigenvalue weighted by Gasteiger charge is -1.97. The Morgan fingerprint density at radius 2 is 0.467 bits per heavy atom. The monoisotopic (exact) mass is 444 g/mol. The first kappa shape index (κ1) is 25.2. The molecule has 0 radical (unpaired) electrons. The van der Waals surface area contributed by atoms with Gasteiger partial charge in [0.1, 0.15) is 28.2 Å². The minimum absolute atomic E-state index is 0. The van der Waals surface area contributed by atoms with Crippen molar-refractivity contribution in [3.8, 4) is 22.3 Å². The summed E-state index contributed by atoms with van der Waals surface area (Å²) in [5.41, 5.74) is 5.01. The number of nitrogens with zero attached hydrogens (tertiary/aromatic N) is 4. The van der Waals surface area contributed by atoms with E-state index in [-0.39, 0.29) is 24.8 Å². The van der Waals surface area contributed by atoms with Crippen molar-refractivity contribution >= 4 is 24.8 Å². The van der Waals surface area contributed by atoms with Crippen molar-refractivity contribution in [1.29, 1.82) is 0 Å². The molecule has 0 amide bonds. The minimum Gasteiger partial charge on any atom is -0.208 e. The Morgan fingerprint density at radius 1 is 0.333 bits per heavy atom. The lowest BCUT2D eigenvalue weighted by atomic mass is 10.1. The number of hydrogen-bond acceptors (Lipinski definition) is 0. The van der Waals surface area contributed by atoms with Gasteiger partial charge in [-0.05, 0) is 22.3 Å². The molecule has 0 aliphatic carbocycles. The molecule has 0 N–H and O–H groups in total. The zero-order valence-corrected chi connectivity index (χ0v) is 19.5. The molecule has 0 atom stereocenters. The van der Waals surface area contributed by atoms with Gasteiger partial charge in [-0.3, -0.25) is 0 Å². The quantitative estimate of drug-likeness (QED) is 0.422. The van der Waals surface area contributed by atoms with Crippen molar-refractivity contribution in [1.82, 2.24) is 0 Å². The third-order valence-corrected chi connectivity index (χ3v) is 4.58. The van der Waals surface area contributed by atoms with Gasteiger partial charge >= 0.3 is 0 Å². The van der Waals surface area contributed by atoms with Crippen LogP contribution in [0.25, 0.3) is 22.3 Å². The van der Waals surface area contributed by atoms with Gasteiger partial charge in [0.15, 0.2) is 49.6 Å². The van der Waals surface area contributed by atoms with Gasteiger partial charge < -0.3 is 0 Å². The maximum atomic E-state index is 2.12. The average Bonchev–Trinajstić information content (AvgIpc) is 2.71. The lowest BCUT2D eigenvalue weighted by molar-refractivity contribution is -0.671. The molecule has 0 spiro atoms. The highest BCUT2D eigenvalue weighted by Crippen LogP contribution is 2.15. The topological polar surface area (TPSA) is 15.5 Å². The first-order chi connectivity index (χ1) is 13.5. The molecule has 0 unspecified atom stereocenters. The smallest absolute Gasteiger partial charge is 0.169 e. The summed E-state index contributed by atoms with van der Waals surface area (Å²) < 4.78 is 8.14. The van der Waals surface area contributed by atoms with E-state index in [1.807, 2.05) is 46.5 Å². The van der Waals surface area contributed by atoms with E-state index in [4.69, 9.17) is 0 Å². The van der Waals surface area contributed by atoms with Gasteiger partial charge in [-0.15, -0.1) is 24.8 Å². The average molecular weight is 445 g/mol. The van der Waals surface area contributed by atoms with Gasteiger partial charge in [0.25, 0.3) is 0 Å². The van der Waals surface area contributed by atoms with Crippen LogP contribution in [-0.4, -0.2) is 0 Å². The predicted molar refractivity (Wildman–Crippen MR) is 123 cm³/mol. The van der Waals surface area contributed by atoms with Crippen LogP contribution in [0.3, 0.4) is 0 Å². The number of pyridine rings is 4. The number of hydrogen-bond donors (Lipinski definition) is 0.